The van der Waals surface area contributed by atoms with Gasteiger partial charge in [-0.25, -0.2) is 18.4 Å². The Hall–Kier alpha value is -3.94. The van der Waals surface area contributed by atoms with Crippen molar-refractivity contribution < 1.29 is 13.6 Å². The summed E-state index contributed by atoms with van der Waals surface area (Å²) in [5, 5.41) is 4.54. The predicted octanol–water partition coefficient (Wildman–Crippen LogP) is 4.69. The molecule has 0 aliphatic carbocycles. The van der Waals surface area contributed by atoms with Crippen LogP contribution in [0.1, 0.15) is 24.5 Å². The number of pyridine rings is 1. The number of aromatic nitrogens is 4. The molecule has 34 heavy (non-hydrogen) atoms. The Morgan fingerprint density at radius 2 is 1.53 bits per heavy atom. The topological polar surface area (TPSA) is 63.9 Å². The summed E-state index contributed by atoms with van der Waals surface area (Å²) in [5.41, 5.74) is 2.34. The van der Waals surface area contributed by atoms with Crippen LogP contribution < -0.4 is 0 Å². The Morgan fingerprint density at radius 1 is 0.882 bits per heavy atom. The predicted molar refractivity (Wildman–Crippen MR) is 124 cm³/mol. The number of hydrogen-bond donors (Lipinski definition) is 0. The highest BCUT2D eigenvalue weighted by Gasteiger charge is 2.26. The van der Waals surface area contributed by atoms with E-state index in [4.69, 9.17) is 0 Å². The lowest BCUT2D eigenvalue weighted by atomic mass is 9.93. The average Bonchev–Trinajstić information content (AvgIpc) is 3.29. The average molecular weight is 460 g/mol. The number of benzene rings is 2. The number of hydrogen-bond acceptors (Lipinski definition) is 4. The molecule has 0 radical (unpaired) electrons. The van der Waals surface area contributed by atoms with E-state index in [0.29, 0.717) is 41.8 Å². The molecule has 0 spiro atoms. The monoisotopic (exact) mass is 459 g/mol. The molecule has 0 bridgehead atoms. The van der Waals surface area contributed by atoms with Gasteiger partial charge in [-0.05, 0) is 73.5 Å². The van der Waals surface area contributed by atoms with Crippen LogP contribution in [0.5, 0.6) is 0 Å². The first-order valence-corrected chi connectivity index (χ1v) is 11.2. The van der Waals surface area contributed by atoms with E-state index in [1.807, 2.05) is 23.1 Å². The number of nitrogens with zero attached hydrogens (tertiary/aromatic N) is 5. The fraction of sp³-hybridized carbons (Fsp3) is 0.231. The van der Waals surface area contributed by atoms with Crippen molar-refractivity contribution in [2.45, 2.75) is 25.3 Å². The van der Waals surface area contributed by atoms with Crippen molar-refractivity contribution in [1.29, 1.82) is 0 Å². The van der Waals surface area contributed by atoms with Gasteiger partial charge >= 0.3 is 0 Å². The van der Waals surface area contributed by atoms with Gasteiger partial charge in [0.05, 0.1) is 0 Å². The van der Waals surface area contributed by atoms with Gasteiger partial charge in [-0.15, -0.1) is 5.10 Å². The van der Waals surface area contributed by atoms with Crippen molar-refractivity contribution in [3.8, 4) is 22.8 Å². The second-order valence-corrected chi connectivity index (χ2v) is 8.34. The van der Waals surface area contributed by atoms with Gasteiger partial charge in [0, 0.05) is 42.0 Å². The molecule has 0 atom stereocenters. The molecule has 1 fully saturated rings. The highest BCUT2D eigenvalue weighted by Crippen LogP contribution is 2.27. The molecule has 0 saturated carbocycles. The Bertz CT molecular complexity index is 1270. The molecule has 0 unspecified atom stereocenters. The minimum atomic E-state index is -0.361. The molecule has 172 valence electrons. The van der Waals surface area contributed by atoms with Crippen LogP contribution in [0.15, 0.2) is 72.9 Å². The molecule has 8 heteroatoms. The number of halogens is 2. The standard InChI is InChI=1S/C26H23F2N5O/c27-21-8-4-19(5-9-21)25-30-26(20-6-10-22(28)11-7-20)33(31-25)17-24(34)32-15-12-18(13-16-32)23-3-1-2-14-29-23/h1-11,14,18H,12-13,15-17H2. The maximum atomic E-state index is 13.5. The summed E-state index contributed by atoms with van der Waals surface area (Å²) in [7, 11) is 0. The highest BCUT2D eigenvalue weighted by atomic mass is 19.1. The van der Waals surface area contributed by atoms with Gasteiger partial charge in [0.1, 0.15) is 18.2 Å². The zero-order valence-corrected chi connectivity index (χ0v) is 18.4. The summed E-state index contributed by atoms with van der Waals surface area (Å²) in [6, 6.07) is 17.7. The van der Waals surface area contributed by atoms with Gasteiger partial charge in [-0.1, -0.05) is 6.07 Å². The van der Waals surface area contributed by atoms with Crippen molar-refractivity contribution in [3.63, 3.8) is 0 Å². The molecule has 6 nitrogen and oxygen atoms in total. The van der Waals surface area contributed by atoms with Crippen molar-refractivity contribution in [2.75, 3.05) is 13.1 Å². The summed E-state index contributed by atoms with van der Waals surface area (Å²) in [6.07, 6.45) is 3.50. The van der Waals surface area contributed by atoms with Crippen LogP contribution in [0.3, 0.4) is 0 Å². The first-order chi connectivity index (χ1) is 16.6. The molecule has 1 amide bonds. The maximum absolute atomic E-state index is 13.5. The van der Waals surface area contributed by atoms with E-state index in [0.717, 1.165) is 18.5 Å². The Kier molecular flexibility index (Phi) is 6.12. The second-order valence-electron chi connectivity index (χ2n) is 8.34. The SMILES string of the molecule is O=C(Cn1nc(-c2ccc(F)cc2)nc1-c1ccc(F)cc1)N1CCC(c2ccccn2)CC1. The van der Waals surface area contributed by atoms with Crippen LogP contribution >= 0.6 is 0 Å². The summed E-state index contributed by atoms with van der Waals surface area (Å²) in [5.74, 6) is 0.401. The largest absolute Gasteiger partial charge is 0.341 e. The summed E-state index contributed by atoms with van der Waals surface area (Å²) in [6.45, 7) is 1.30. The molecule has 2 aromatic heterocycles. The summed E-state index contributed by atoms with van der Waals surface area (Å²) in [4.78, 5) is 24.0. The smallest absolute Gasteiger partial charge is 0.244 e. The van der Waals surface area contributed by atoms with E-state index in [9.17, 15) is 13.6 Å². The molecule has 2 aromatic carbocycles. The van der Waals surface area contributed by atoms with Crippen LogP contribution in [0.2, 0.25) is 0 Å². The van der Waals surface area contributed by atoms with Crippen molar-refractivity contribution >= 4 is 5.91 Å². The number of likely N-dealkylation sites (tertiary alicyclic amines) is 1. The minimum Gasteiger partial charge on any atom is -0.341 e. The fourth-order valence-electron chi connectivity index (χ4n) is 4.26. The van der Waals surface area contributed by atoms with E-state index < -0.39 is 0 Å². The van der Waals surface area contributed by atoms with E-state index in [1.54, 1.807) is 35.1 Å². The third-order valence-electron chi connectivity index (χ3n) is 6.12. The number of carbonyl (C=O) groups excluding carboxylic acids is 1. The van der Waals surface area contributed by atoms with Crippen molar-refractivity contribution in [2.24, 2.45) is 0 Å². The molecular formula is C26H23F2N5O. The van der Waals surface area contributed by atoms with E-state index in [1.165, 1.54) is 24.3 Å². The quantitative estimate of drug-likeness (QED) is 0.434. The third-order valence-corrected chi connectivity index (χ3v) is 6.12. The van der Waals surface area contributed by atoms with Gasteiger partial charge < -0.3 is 4.90 Å². The number of rotatable bonds is 5. The van der Waals surface area contributed by atoms with E-state index >= 15 is 0 Å². The van der Waals surface area contributed by atoms with E-state index in [2.05, 4.69) is 15.1 Å². The van der Waals surface area contributed by atoms with Gasteiger partial charge in [-0.3, -0.25) is 9.78 Å². The molecule has 0 N–H and O–H groups in total. The third kappa shape index (κ3) is 4.71. The Morgan fingerprint density at radius 3 is 2.15 bits per heavy atom. The Balaban J connectivity index is 1.36. The normalized spacial score (nSPS) is 14.4. The number of carbonyl (C=O) groups is 1. The van der Waals surface area contributed by atoms with E-state index in [-0.39, 0.29) is 24.1 Å². The maximum Gasteiger partial charge on any atom is 0.244 e. The first kappa shape index (κ1) is 21.9. The molecular weight excluding hydrogens is 436 g/mol. The fourth-order valence-corrected chi connectivity index (χ4v) is 4.26. The number of piperidine rings is 1. The van der Waals surface area contributed by atoms with Crippen LogP contribution in [0, 0.1) is 11.6 Å². The van der Waals surface area contributed by atoms with Gasteiger partial charge in [0.15, 0.2) is 11.6 Å². The zero-order valence-electron chi connectivity index (χ0n) is 18.4. The lowest BCUT2D eigenvalue weighted by molar-refractivity contribution is -0.133. The Labute approximate surface area is 195 Å². The van der Waals surface area contributed by atoms with Crippen LogP contribution in [0.4, 0.5) is 8.78 Å². The highest BCUT2D eigenvalue weighted by molar-refractivity contribution is 5.77. The lowest BCUT2D eigenvalue weighted by Crippen LogP contribution is -2.40. The van der Waals surface area contributed by atoms with Gasteiger partial charge in [0.25, 0.3) is 0 Å². The zero-order chi connectivity index (χ0) is 23.5. The number of amides is 1. The summed E-state index contributed by atoms with van der Waals surface area (Å²) < 4.78 is 28.4. The van der Waals surface area contributed by atoms with Gasteiger partial charge in [0.2, 0.25) is 5.91 Å². The minimum absolute atomic E-state index is 0.00909. The molecule has 1 saturated heterocycles. The molecule has 1 aliphatic rings. The van der Waals surface area contributed by atoms with Crippen LogP contribution in [-0.2, 0) is 11.3 Å². The van der Waals surface area contributed by atoms with Crippen molar-refractivity contribution in [1.82, 2.24) is 24.6 Å². The molecule has 4 aromatic rings. The summed E-state index contributed by atoms with van der Waals surface area (Å²) >= 11 is 0. The molecule has 3 heterocycles. The van der Waals surface area contributed by atoms with Crippen molar-refractivity contribution in [3.05, 3.63) is 90.3 Å². The molecule has 5 rings (SSSR count). The van der Waals surface area contributed by atoms with Crippen LogP contribution in [-0.4, -0.2) is 43.6 Å². The lowest BCUT2D eigenvalue weighted by Gasteiger charge is -2.31. The van der Waals surface area contributed by atoms with Crippen LogP contribution in [0.25, 0.3) is 22.8 Å². The van der Waals surface area contributed by atoms with Gasteiger partial charge in [-0.2, -0.15) is 0 Å². The first-order valence-electron chi connectivity index (χ1n) is 11.2. The second kappa shape index (κ2) is 9.51. The molecule has 1 aliphatic heterocycles.